The van der Waals surface area contributed by atoms with Gasteiger partial charge in [0.25, 0.3) is 0 Å². The summed E-state index contributed by atoms with van der Waals surface area (Å²) in [6, 6.07) is 17.2. The average molecular weight is 642 g/mol. The number of Topliss-reactive ketones (excluding diaryl/α,β-unsaturated/α-hetero) is 1. The van der Waals surface area contributed by atoms with Crippen molar-refractivity contribution in [3.63, 3.8) is 0 Å². The monoisotopic (exact) mass is 639 g/mol. The molecule has 4 rings (SSSR count). The molecule has 0 saturated carbocycles. The molecule has 35 heavy (non-hydrogen) atoms. The first-order valence-corrected chi connectivity index (χ1v) is 11.1. The zero-order valence-electron chi connectivity index (χ0n) is 19.3. The number of fused-ring (bicyclic) bond motifs is 1. The van der Waals surface area contributed by atoms with Gasteiger partial charge in [-0.15, -0.1) is 34.0 Å². The van der Waals surface area contributed by atoms with Crippen LogP contribution in [0.3, 0.4) is 0 Å². The van der Waals surface area contributed by atoms with Crippen molar-refractivity contribution in [2.75, 3.05) is 19.4 Å². The van der Waals surface area contributed by atoms with E-state index in [1.165, 1.54) is 12.5 Å². The van der Waals surface area contributed by atoms with Crippen molar-refractivity contribution >= 4 is 85.2 Å². The number of carbonyl (C=O) groups excluding carboxylic acids is 1. The number of pyridine rings is 1. The van der Waals surface area contributed by atoms with Crippen LogP contribution in [0, 0.1) is 0 Å². The number of hydrogen-bond donors (Lipinski definition) is 2. The fourth-order valence-corrected chi connectivity index (χ4v) is 4.20. The maximum absolute atomic E-state index is 12.4. The Bertz CT molecular complexity index is 1340. The number of hydrogen-bond acceptors (Lipinski definition) is 5. The number of carbonyl (C=O) groups is 1. The normalized spacial score (nSPS) is 10.6. The molecule has 184 valence electrons. The van der Waals surface area contributed by atoms with Crippen molar-refractivity contribution in [1.29, 1.82) is 0 Å². The van der Waals surface area contributed by atoms with Crippen LogP contribution in [0.1, 0.15) is 22.8 Å². The highest BCUT2D eigenvalue weighted by molar-refractivity contribution is 8.93. The number of phenolic OH excluding ortho intramolecular Hbond substituents is 1. The highest BCUT2D eigenvalue weighted by Crippen LogP contribution is 2.38. The van der Waals surface area contributed by atoms with E-state index in [0.717, 1.165) is 34.3 Å². The third kappa shape index (κ3) is 6.54. The molecule has 0 radical (unpaired) electrons. The highest BCUT2D eigenvalue weighted by atomic mass is 79.9. The number of halogens is 4. The Hall–Kier alpha value is -2.16. The van der Waals surface area contributed by atoms with Crippen molar-refractivity contribution < 1.29 is 9.90 Å². The molecule has 0 unspecified atom stereocenters. The van der Waals surface area contributed by atoms with Crippen LogP contribution in [-0.2, 0) is 6.54 Å². The van der Waals surface area contributed by atoms with Crippen LogP contribution >= 0.6 is 57.2 Å². The van der Waals surface area contributed by atoms with Gasteiger partial charge in [-0.1, -0.05) is 41.4 Å². The summed E-state index contributed by atoms with van der Waals surface area (Å²) in [5, 5.41) is 14.5. The van der Waals surface area contributed by atoms with Gasteiger partial charge in [-0.05, 0) is 74.1 Å². The zero-order valence-corrected chi connectivity index (χ0v) is 24.2. The van der Waals surface area contributed by atoms with Crippen molar-refractivity contribution in [2.24, 2.45) is 0 Å². The van der Waals surface area contributed by atoms with E-state index in [-0.39, 0.29) is 55.5 Å². The number of nitrogens with zero attached hydrogens (tertiary/aromatic N) is 2. The molecule has 4 aromatic rings. The number of rotatable bonds is 6. The molecule has 0 spiro atoms. The van der Waals surface area contributed by atoms with E-state index < -0.39 is 0 Å². The number of nitrogens with one attached hydrogen (secondary N) is 1. The average Bonchev–Trinajstić information content (AvgIpc) is 2.77. The van der Waals surface area contributed by atoms with E-state index in [1.54, 1.807) is 18.3 Å². The molecule has 0 saturated heterocycles. The maximum Gasteiger partial charge on any atom is 0.163 e. The van der Waals surface area contributed by atoms with Crippen LogP contribution in [0.25, 0.3) is 22.0 Å². The van der Waals surface area contributed by atoms with E-state index >= 15 is 0 Å². The molecular weight excluding hydrogens is 617 g/mol. The van der Waals surface area contributed by atoms with Gasteiger partial charge in [-0.2, -0.15) is 0 Å². The van der Waals surface area contributed by atoms with Gasteiger partial charge in [0.05, 0.1) is 26.8 Å². The molecule has 0 amide bonds. The molecule has 0 fully saturated rings. The summed E-state index contributed by atoms with van der Waals surface area (Å²) in [5.41, 5.74) is 5.57. The molecule has 0 aliphatic heterocycles. The number of anilines is 2. The molecule has 3 aromatic carbocycles. The lowest BCUT2D eigenvalue weighted by atomic mass is 10.00. The number of aromatic hydroxyl groups is 1. The Morgan fingerprint density at radius 3 is 2.17 bits per heavy atom. The Morgan fingerprint density at radius 1 is 0.971 bits per heavy atom. The Balaban J connectivity index is 0.00000216. The summed E-state index contributed by atoms with van der Waals surface area (Å²) in [6.07, 6.45) is 1.60. The predicted octanol–water partition coefficient (Wildman–Crippen LogP) is 8.08. The standard InChI is InChI=1S/C26H23Cl2N3O2.2BrH/c1-15(32)21-13-29-24-9-6-17(18-11-22(27)26(33)23(28)12-18)10-20(24)25(21)30-19-7-4-16(5-8-19)14-31(2)3;;/h4-13,33H,14H2,1-3H3,(H,29,30);2*1H. The van der Waals surface area contributed by atoms with Crippen molar-refractivity contribution in [1.82, 2.24) is 9.88 Å². The molecule has 0 atom stereocenters. The molecule has 1 heterocycles. The minimum absolute atomic E-state index is 0. The SMILES string of the molecule is Br.Br.CC(=O)c1cnc2ccc(-c3cc(Cl)c(O)c(Cl)c3)cc2c1Nc1ccc(CN(C)C)cc1. The summed E-state index contributed by atoms with van der Waals surface area (Å²) >= 11 is 12.3. The Labute approximate surface area is 235 Å². The van der Waals surface area contributed by atoms with E-state index in [0.29, 0.717) is 11.3 Å². The van der Waals surface area contributed by atoms with Crippen LogP contribution in [0.4, 0.5) is 11.4 Å². The lowest BCUT2D eigenvalue weighted by molar-refractivity contribution is 0.101. The second-order valence-electron chi connectivity index (χ2n) is 8.18. The quantitative estimate of drug-likeness (QED) is 0.208. The van der Waals surface area contributed by atoms with Gasteiger partial charge in [0, 0.05) is 23.8 Å². The van der Waals surface area contributed by atoms with Crippen LogP contribution in [0.5, 0.6) is 5.75 Å². The van der Waals surface area contributed by atoms with Crippen LogP contribution in [0.15, 0.2) is 60.8 Å². The summed E-state index contributed by atoms with van der Waals surface area (Å²) in [7, 11) is 4.06. The van der Waals surface area contributed by atoms with Gasteiger partial charge in [0.15, 0.2) is 11.5 Å². The molecule has 0 bridgehead atoms. The number of phenols is 1. The molecule has 9 heteroatoms. The topological polar surface area (TPSA) is 65.5 Å². The molecule has 1 aromatic heterocycles. The summed E-state index contributed by atoms with van der Waals surface area (Å²) < 4.78 is 0. The fraction of sp³-hybridized carbons (Fsp3) is 0.154. The predicted molar refractivity (Wildman–Crippen MR) is 157 cm³/mol. The lowest BCUT2D eigenvalue weighted by Crippen LogP contribution is -2.10. The van der Waals surface area contributed by atoms with E-state index in [9.17, 15) is 9.90 Å². The number of ketones is 1. The van der Waals surface area contributed by atoms with Crippen LogP contribution in [-0.4, -0.2) is 34.9 Å². The van der Waals surface area contributed by atoms with Crippen molar-refractivity contribution in [3.8, 4) is 16.9 Å². The van der Waals surface area contributed by atoms with Gasteiger partial charge < -0.3 is 15.3 Å². The number of aromatic nitrogens is 1. The third-order valence-electron chi connectivity index (χ3n) is 5.32. The molecule has 5 nitrogen and oxygen atoms in total. The van der Waals surface area contributed by atoms with Crippen molar-refractivity contribution in [2.45, 2.75) is 13.5 Å². The van der Waals surface area contributed by atoms with Crippen molar-refractivity contribution in [3.05, 3.63) is 82.0 Å². The number of benzene rings is 3. The Kier molecular flexibility index (Phi) is 10.1. The second-order valence-corrected chi connectivity index (χ2v) is 9.00. The van der Waals surface area contributed by atoms with E-state index in [1.807, 2.05) is 44.4 Å². The van der Waals surface area contributed by atoms with Gasteiger partial charge in [-0.25, -0.2) is 0 Å². The second kappa shape index (κ2) is 12.2. The molecule has 0 aliphatic rings. The van der Waals surface area contributed by atoms with Gasteiger partial charge in [-0.3, -0.25) is 9.78 Å². The lowest BCUT2D eigenvalue weighted by Gasteiger charge is -2.16. The molecule has 2 N–H and O–H groups in total. The first-order chi connectivity index (χ1) is 15.7. The molecular formula is C26H25Br2Cl2N3O2. The highest BCUT2D eigenvalue weighted by Gasteiger charge is 2.15. The van der Waals surface area contributed by atoms with Gasteiger partial charge in [0.1, 0.15) is 0 Å². The van der Waals surface area contributed by atoms with Crippen LogP contribution < -0.4 is 5.32 Å². The summed E-state index contributed by atoms with van der Waals surface area (Å²) in [6.45, 7) is 2.37. The molecule has 0 aliphatic carbocycles. The fourth-order valence-electron chi connectivity index (χ4n) is 3.71. The van der Waals surface area contributed by atoms with Gasteiger partial charge in [0.2, 0.25) is 0 Å². The summed E-state index contributed by atoms with van der Waals surface area (Å²) in [4.78, 5) is 19.0. The van der Waals surface area contributed by atoms with Crippen LogP contribution in [0.2, 0.25) is 10.0 Å². The van der Waals surface area contributed by atoms with E-state index in [4.69, 9.17) is 23.2 Å². The van der Waals surface area contributed by atoms with Gasteiger partial charge >= 0.3 is 0 Å². The van der Waals surface area contributed by atoms with E-state index in [2.05, 4.69) is 27.3 Å². The largest absolute Gasteiger partial charge is 0.505 e. The smallest absolute Gasteiger partial charge is 0.163 e. The first kappa shape index (κ1) is 29.1. The Morgan fingerprint density at radius 2 is 1.60 bits per heavy atom. The first-order valence-electron chi connectivity index (χ1n) is 10.4. The minimum Gasteiger partial charge on any atom is -0.505 e. The zero-order chi connectivity index (χ0) is 23.7. The maximum atomic E-state index is 12.4. The summed E-state index contributed by atoms with van der Waals surface area (Å²) in [5.74, 6) is -0.235. The minimum atomic E-state index is -0.150. The third-order valence-corrected chi connectivity index (χ3v) is 5.90.